The van der Waals surface area contributed by atoms with Crippen LogP contribution in [0.1, 0.15) is 25.6 Å². The summed E-state index contributed by atoms with van der Waals surface area (Å²) in [5.74, 6) is 1.61. The van der Waals surface area contributed by atoms with Gasteiger partial charge >= 0.3 is 0 Å². The molecule has 0 unspecified atom stereocenters. The molecule has 0 saturated carbocycles. The molecule has 90 valence electrons. The number of tetrazole rings is 1. The van der Waals surface area contributed by atoms with Gasteiger partial charge in [-0.05, 0) is 35.9 Å². The number of aromatic nitrogens is 4. The van der Waals surface area contributed by atoms with Gasteiger partial charge in [-0.1, -0.05) is 19.4 Å². The summed E-state index contributed by atoms with van der Waals surface area (Å²) in [5, 5.41) is 11.4. The molecule has 0 atom stereocenters. The molecule has 0 saturated heterocycles. The molecule has 0 N–H and O–H groups in total. The number of aryl methyl sites for hydroxylation is 1. The van der Waals surface area contributed by atoms with Crippen molar-refractivity contribution < 1.29 is 4.74 Å². The molecular weight excluding hydrogens is 216 g/mol. The van der Waals surface area contributed by atoms with Gasteiger partial charge < -0.3 is 4.74 Å². The quantitative estimate of drug-likeness (QED) is 0.741. The van der Waals surface area contributed by atoms with Crippen LogP contribution in [0.2, 0.25) is 0 Å². The first-order valence-electron chi connectivity index (χ1n) is 5.79. The van der Waals surface area contributed by atoms with E-state index in [0.29, 0.717) is 0 Å². The average Bonchev–Trinajstić information content (AvgIpc) is 2.76. The topological polar surface area (TPSA) is 52.8 Å². The Bertz CT molecular complexity index is 481. The van der Waals surface area contributed by atoms with Crippen LogP contribution in [0.25, 0.3) is 5.69 Å². The van der Waals surface area contributed by atoms with Gasteiger partial charge in [0.15, 0.2) is 5.82 Å². The van der Waals surface area contributed by atoms with Crippen molar-refractivity contribution >= 4 is 0 Å². The zero-order valence-electron chi connectivity index (χ0n) is 10.1. The van der Waals surface area contributed by atoms with E-state index in [4.69, 9.17) is 4.74 Å². The van der Waals surface area contributed by atoms with E-state index in [1.165, 1.54) is 0 Å². The van der Waals surface area contributed by atoms with Crippen molar-refractivity contribution in [1.82, 2.24) is 20.2 Å². The van der Waals surface area contributed by atoms with E-state index in [2.05, 4.69) is 22.4 Å². The summed E-state index contributed by atoms with van der Waals surface area (Å²) in [4.78, 5) is 0. The third kappa shape index (κ3) is 2.81. The Labute approximate surface area is 100 Å². The van der Waals surface area contributed by atoms with Gasteiger partial charge in [0.2, 0.25) is 0 Å². The monoisotopic (exact) mass is 232 g/mol. The first-order chi connectivity index (χ1) is 8.31. The van der Waals surface area contributed by atoms with Crippen LogP contribution in [-0.4, -0.2) is 26.8 Å². The van der Waals surface area contributed by atoms with Gasteiger partial charge in [0.25, 0.3) is 0 Å². The highest BCUT2D eigenvalue weighted by atomic mass is 16.5. The van der Waals surface area contributed by atoms with E-state index >= 15 is 0 Å². The minimum Gasteiger partial charge on any atom is -0.494 e. The van der Waals surface area contributed by atoms with Crippen molar-refractivity contribution in [1.29, 1.82) is 0 Å². The molecule has 2 rings (SSSR count). The van der Waals surface area contributed by atoms with Gasteiger partial charge in [-0.15, -0.1) is 5.10 Å². The molecule has 1 aromatic carbocycles. The van der Waals surface area contributed by atoms with Crippen LogP contribution in [0.3, 0.4) is 0 Å². The Hall–Kier alpha value is -1.91. The number of ether oxygens (including phenoxy) is 1. The van der Waals surface area contributed by atoms with Crippen LogP contribution >= 0.6 is 0 Å². The lowest BCUT2D eigenvalue weighted by Gasteiger charge is -2.07. The first kappa shape index (κ1) is 11.6. The molecule has 0 aliphatic carbocycles. The maximum atomic E-state index is 5.64. The zero-order valence-corrected chi connectivity index (χ0v) is 10.1. The number of unbranched alkanes of at least 4 members (excludes halogenated alkanes) is 1. The molecule has 0 fully saturated rings. The Morgan fingerprint density at radius 3 is 2.94 bits per heavy atom. The number of hydrogen-bond acceptors (Lipinski definition) is 4. The lowest BCUT2D eigenvalue weighted by molar-refractivity contribution is 0.309. The molecule has 0 spiro atoms. The Balaban J connectivity index is 2.14. The average molecular weight is 232 g/mol. The Morgan fingerprint density at radius 2 is 2.24 bits per heavy atom. The SMILES string of the molecule is CCCCOc1cccc(-n2nnnc2C)c1. The fourth-order valence-electron chi connectivity index (χ4n) is 1.51. The molecule has 0 amide bonds. The maximum Gasteiger partial charge on any atom is 0.153 e. The molecule has 5 nitrogen and oxygen atoms in total. The molecule has 5 heteroatoms. The predicted molar refractivity (Wildman–Crippen MR) is 64.3 cm³/mol. The molecule has 0 radical (unpaired) electrons. The van der Waals surface area contributed by atoms with Crippen molar-refractivity contribution in [3.8, 4) is 11.4 Å². The summed E-state index contributed by atoms with van der Waals surface area (Å²) in [6.07, 6.45) is 2.19. The van der Waals surface area contributed by atoms with Gasteiger partial charge in [-0.2, -0.15) is 4.68 Å². The summed E-state index contributed by atoms with van der Waals surface area (Å²) in [6, 6.07) is 7.78. The number of rotatable bonds is 5. The summed E-state index contributed by atoms with van der Waals surface area (Å²) in [5.41, 5.74) is 0.918. The van der Waals surface area contributed by atoms with Crippen LogP contribution in [0.15, 0.2) is 24.3 Å². The molecule has 17 heavy (non-hydrogen) atoms. The van der Waals surface area contributed by atoms with E-state index in [-0.39, 0.29) is 0 Å². The third-order valence-corrected chi connectivity index (χ3v) is 2.45. The molecule has 2 aromatic rings. The summed E-state index contributed by atoms with van der Waals surface area (Å²) in [6.45, 7) is 4.75. The summed E-state index contributed by atoms with van der Waals surface area (Å²) >= 11 is 0. The second kappa shape index (κ2) is 5.43. The fraction of sp³-hybridized carbons (Fsp3) is 0.417. The van der Waals surface area contributed by atoms with Gasteiger partial charge in [0, 0.05) is 6.07 Å². The second-order valence-electron chi connectivity index (χ2n) is 3.84. The smallest absolute Gasteiger partial charge is 0.153 e. The van der Waals surface area contributed by atoms with Gasteiger partial charge in [-0.25, -0.2) is 0 Å². The van der Waals surface area contributed by atoms with Crippen LogP contribution in [0.5, 0.6) is 5.75 Å². The summed E-state index contributed by atoms with van der Waals surface area (Å²) in [7, 11) is 0. The predicted octanol–water partition coefficient (Wildman–Crippen LogP) is 2.15. The first-order valence-corrected chi connectivity index (χ1v) is 5.79. The number of nitrogens with zero attached hydrogens (tertiary/aromatic N) is 4. The van der Waals surface area contributed by atoms with Crippen LogP contribution < -0.4 is 4.74 Å². The van der Waals surface area contributed by atoms with Gasteiger partial charge in [-0.3, -0.25) is 0 Å². The highest BCUT2D eigenvalue weighted by molar-refractivity contribution is 5.38. The minimum atomic E-state index is 0.745. The highest BCUT2D eigenvalue weighted by Gasteiger charge is 2.04. The van der Waals surface area contributed by atoms with Gasteiger partial charge in [0.1, 0.15) is 5.75 Å². The lowest BCUT2D eigenvalue weighted by Crippen LogP contribution is -2.01. The van der Waals surface area contributed by atoms with Crippen molar-refractivity contribution in [2.45, 2.75) is 26.7 Å². The molecule has 0 bridgehead atoms. The fourth-order valence-corrected chi connectivity index (χ4v) is 1.51. The Kier molecular flexibility index (Phi) is 3.69. The second-order valence-corrected chi connectivity index (χ2v) is 3.84. The van der Waals surface area contributed by atoms with E-state index < -0.39 is 0 Å². The molecule has 0 aliphatic rings. The highest BCUT2D eigenvalue weighted by Crippen LogP contribution is 2.16. The van der Waals surface area contributed by atoms with Crippen molar-refractivity contribution in [3.63, 3.8) is 0 Å². The molecular formula is C12H16N4O. The Morgan fingerprint density at radius 1 is 1.35 bits per heavy atom. The van der Waals surface area contributed by atoms with E-state index in [0.717, 1.165) is 36.7 Å². The normalized spacial score (nSPS) is 10.5. The number of benzene rings is 1. The lowest BCUT2D eigenvalue weighted by atomic mass is 10.3. The standard InChI is InChI=1S/C12H16N4O/c1-3-4-8-17-12-7-5-6-11(9-12)16-10(2)13-14-15-16/h5-7,9H,3-4,8H2,1-2H3. The van der Waals surface area contributed by atoms with E-state index in [9.17, 15) is 0 Å². The van der Waals surface area contributed by atoms with Crippen molar-refractivity contribution in [3.05, 3.63) is 30.1 Å². The van der Waals surface area contributed by atoms with Gasteiger partial charge in [0.05, 0.1) is 12.3 Å². The van der Waals surface area contributed by atoms with E-state index in [1.807, 2.05) is 31.2 Å². The minimum absolute atomic E-state index is 0.745. The number of hydrogen-bond donors (Lipinski definition) is 0. The van der Waals surface area contributed by atoms with Crippen LogP contribution in [-0.2, 0) is 0 Å². The van der Waals surface area contributed by atoms with Crippen molar-refractivity contribution in [2.24, 2.45) is 0 Å². The summed E-state index contributed by atoms with van der Waals surface area (Å²) < 4.78 is 7.33. The maximum absolute atomic E-state index is 5.64. The van der Waals surface area contributed by atoms with Crippen LogP contribution in [0.4, 0.5) is 0 Å². The molecule has 1 heterocycles. The van der Waals surface area contributed by atoms with E-state index in [1.54, 1.807) is 4.68 Å². The third-order valence-electron chi connectivity index (χ3n) is 2.45. The zero-order chi connectivity index (χ0) is 12.1. The largest absolute Gasteiger partial charge is 0.494 e. The van der Waals surface area contributed by atoms with Crippen molar-refractivity contribution in [2.75, 3.05) is 6.61 Å². The van der Waals surface area contributed by atoms with Crippen LogP contribution in [0, 0.1) is 6.92 Å². The molecule has 0 aliphatic heterocycles. The molecule has 1 aromatic heterocycles.